The molecule has 35 heavy (non-hydrogen) atoms. The van der Waals surface area contributed by atoms with Crippen LogP contribution in [0, 0.1) is 0 Å². The Balaban J connectivity index is 1.49. The molecule has 0 amide bonds. The van der Waals surface area contributed by atoms with Crippen molar-refractivity contribution in [2.45, 2.75) is 6.42 Å². The van der Waals surface area contributed by atoms with Crippen LogP contribution in [0.3, 0.4) is 0 Å². The third-order valence-corrected chi connectivity index (χ3v) is 6.63. The number of likely N-dealkylation sites (N-methyl/N-ethyl adjacent to an activating group) is 1. The van der Waals surface area contributed by atoms with Crippen LogP contribution in [-0.4, -0.2) is 66.8 Å². The van der Waals surface area contributed by atoms with Crippen LogP contribution in [0.1, 0.15) is 15.2 Å². The number of rotatable bonds is 11. The summed E-state index contributed by atoms with van der Waals surface area (Å²) in [5, 5.41) is 15.3. The van der Waals surface area contributed by atoms with Crippen LogP contribution in [0.2, 0.25) is 0 Å². The topological polar surface area (TPSA) is 96.8 Å². The van der Waals surface area contributed by atoms with Gasteiger partial charge < -0.3 is 24.8 Å². The standard InChI is InChI=1S/C26H28N4O4S/c1-30(2)12-13-34-22-15-23(35-25(22)26(31)32)20-14-24(29-16-28-20)27-11-10-19-18-7-5-4-6-17(18)8-9-21(19)33-3/h4-9,14-16H,10-13H2,1-3H3,(H,31,32)(H,27,28,29). The van der Waals surface area contributed by atoms with Gasteiger partial charge in [0.1, 0.15) is 30.3 Å². The fourth-order valence-electron chi connectivity index (χ4n) is 3.76. The maximum absolute atomic E-state index is 11.7. The second-order valence-electron chi connectivity index (χ2n) is 8.19. The van der Waals surface area contributed by atoms with Crippen molar-refractivity contribution in [3.05, 3.63) is 65.3 Å². The number of ether oxygens (including phenoxy) is 2. The molecule has 0 unspecified atom stereocenters. The summed E-state index contributed by atoms with van der Waals surface area (Å²) in [4.78, 5) is 23.2. The van der Waals surface area contributed by atoms with E-state index in [4.69, 9.17) is 9.47 Å². The van der Waals surface area contributed by atoms with Gasteiger partial charge in [0.05, 0.1) is 17.7 Å². The highest BCUT2D eigenvalue weighted by Crippen LogP contribution is 2.36. The predicted octanol–water partition coefficient (Wildman–Crippen LogP) is 4.66. The number of carbonyl (C=O) groups is 1. The molecule has 0 bridgehead atoms. The minimum Gasteiger partial charge on any atom is -0.496 e. The molecule has 0 saturated heterocycles. The van der Waals surface area contributed by atoms with E-state index in [9.17, 15) is 9.90 Å². The fourth-order valence-corrected chi connectivity index (χ4v) is 4.67. The van der Waals surface area contributed by atoms with Crippen LogP contribution in [0.4, 0.5) is 5.82 Å². The number of hydrogen-bond donors (Lipinski definition) is 2. The Morgan fingerprint density at radius 1 is 1.11 bits per heavy atom. The molecule has 0 aliphatic carbocycles. The number of thiophene rings is 1. The number of anilines is 1. The number of aromatic nitrogens is 2. The largest absolute Gasteiger partial charge is 0.496 e. The molecular weight excluding hydrogens is 464 g/mol. The molecule has 0 atom stereocenters. The van der Waals surface area contributed by atoms with Gasteiger partial charge in [0.15, 0.2) is 4.88 Å². The van der Waals surface area contributed by atoms with E-state index >= 15 is 0 Å². The minimum atomic E-state index is -1.02. The summed E-state index contributed by atoms with van der Waals surface area (Å²) in [6.45, 7) is 1.73. The lowest BCUT2D eigenvalue weighted by Gasteiger charge is -2.13. The summed E-state index contributed by atoms with van der Waals surface area (Å²) in [5.74, 6) is 0.859. The van der Waals surface area contributed by atoms with Crippen LogP contribution in [0.15, 0.2) is 54.9 Å². The van der Waals surface area contributed by atoms with Crippen LogP contribution in [-0.2, 0) is 6.42 Å². The van der Waals surface area contributed by atoms with Gasteiger partial charge >= 0.3 is 5.97 Å². The molecule has 0 aliphatic heterocycles. The van der Waals surface area contributed by atoms with Gasteiger partial charge in [-0.2, -0.15) is 0 Å². The molecule has 0 saturated carbocycles. The number of methoxy groups -OCH3 is 1. The van der Waals surface area contributed by atoms with Crippen LogP contribution < -0.4 is 14.8 Å². The molecule has 0 radical (unpaired) electrons. The first-order chi connectivity index (χ1) is 17.0. The number of nitrogens with one attached hydrogen (secondary N) is 1. The van der Waals surface area contributed by atoms with E-state index in [0.717, 1.165) is 29.1 Å². The first-order valence-electron chi connectivity index (χ1n) is 11.2. The van der Waals surface area contributed by atoms with Gasteiger partial charge in [-0.15, -0.1) is 11.3 Å². The van der Waals surface area contributed by atoms with Crippen LogP contribution in [0.25, 0.3) is 21.3 Å². The van der Waals surface area contributed by atoms with E-state index in [0.29, 0.717) is 41.8 Å². The summed E-state index contributed by atoms with van der Waals surface area (Å²) < 4.78 is 11.3. The normalized spacial score (nSPS) is 11.1. The van der Waals surface area contributed by atoms with Crippen molar-refractivity contribution in [2.75, 3.05) is 46.2 Å². The maximum atomic E-state index is 11.7. The van der Waals surface area contributed by atoms with E-state index < -0.39 is 5.97 Å². The van der Waals surface area contributed by atoms with Crippen molar-refractivity contribution in [1.29, 1.82) is 0 Å². The molecule has 2 aromatic heterocycles. The van der Waals surface area contributed by atoms with E-state index in [1.54, 1.807) is 13.2 Å². The summed E-state index contributed by atoms with van der Waals surface area (Å²) in [6, 6.07) is 15.9. The fraction of sp³-hybridized carbons (Fsp3) is 0.269. The Bertz CT molecular complexity index is 1320. The Labute approximate surface area is 208 Å². The quantitative estimate of drug-likeness (QED) is 0.312. The van der Waals surface area contributed by atoms with Crippen molar-refractivity contribution in [3.63, 3.8) is 0 Å². The molecule has 0 aliphatic rings. The van der Waals surface area contributed by atoms with Gasteiger partial charge in [0.25, 0.3) is 0 Å². The second kappa shape index (κ2) is 11.2. The molecule has 4 rings (SSSR count). The van der Waals surface area contributed by atoms with E-state index in [1.807, 2.05) is 43.3 Å². The van der Waals surface area contributed by atoms with Crippen molar-refractivity contribution in [1.82, 2.24) is 14.9 Å². The molecular formula is C26H28N4O4S. The van der Waals surface area contributed by atoms with Crippen LogP contribution in [0.5, 0.6) is 11.5 Å². The highest BCUT2D eigenvalue weighted by molar-refractivity contribution is 7.17. The Morgan fingerprint density at radius 2 is 1.94 bits per heavy atom. The van der Waals surface area contributed by atoms with Crippen LogP contribution >= 0.6 is 11.3 Å². The van der Waals surface area contributed by atoms with Crippen molar-refractivity contribution in [2.24, 2.45) is 0 Å². The average molecular weight is 493 g/mol. The van der Waals surface area contributed by atoms with Gasteiger partial charge in [0.2, 0.25) is 0 Å². The molecule has 9 heteroatoms. The molecule has 8 nitrogen and oxygen atoms in total. The number of benzene rings is 2. The minimum absolute atomic E-state index is 0.162. The zero-order valence-electron chi connectivity index (χ0n) is 19.9. The smallest absolute Gasteiger partial charge is 0.349 e. The number of hydrogen-bond acceptors (Lipinski definition) is 8. The molecule has 2 N–H and O–H groups in total. The highest BCUT2D eigenvalue weighted by Gasteiger charge is 2.19. The van der Waals surface area contributed by atoms with E-state index in [2.05, 4.69) is 33.5 Å². The summed E-state index contributed by atoms with van der Waals surface area (Å²) >= 11 is 1.14. The van der Waals surface area contributed by atoms with Gasteiger partial charge in [-0.05, 0) is 37.4 Å². The van der Waals surface area contributed by atoms with E-state index in [1.165, 1.54) is 17.1 Å². The molecule has 0 spiro atoms. The first kappa shape index (κ1) is 24.4. The zero-order chi connectivity index (χ0) is 24.8. The van der Waals surface area contributed by atoms with Crippen molar-refractivity contribution >= 4 is 33.9 Å². The summed E-state index contributed by atoms with van der Waals surface area (Å²) in [5.41, 5.74) is 1.77. The molecule has 4 aromatic rings. The highest BCUT2D eigenvalue weighted by atomic mass is 32.1. The number of aromatic carboxylic acids is 1. The summed E-state index contributed by atoms with van der Waals surface area (Å²) in [6.07, 6.45) is 2.22. The number of carboxylic acid groups (broad SMARTS) is 1. The lowest BCUT2D eigenvalue weighted by atomic mass is 10.0. The monoisotopic (exact) mass is 492 g/mol. The second-order valence-corrected chi connectivity index (χ2v) is 9.25. The number of nitrogens with zero attached hydrogens (tertiary/aromatic N) is 3. The maximum Gasteiger partial charge on any atom is 0.349 e. The molecule has 2 heterocycles. The summed E-state index contributed by atoms with van der Waals surface area (Å²) in [7, 11) is 5.56. The third-order valence-electron chi connectivity index (χ3n) is 5.51. The van der Waals surface area contributed by atoms with Crippen molar-refractivity contribution < 1.29 is 19.4 Å². The zero-order valence-corrected chi connectivity index (χ0v) is 20.8. The first-order valence-corrected chi connectivity index (χ1v) is 12.0. The van der Waals surface area contributed by atoms with Gasteiger partial charge in [-0.1, -0.05) is 30.3 Å². The SMILES string of the molecule is COc1ccc2ccccc2c1CCNc1cc(-c2cc(OCCN(C)C)c(C(=O)O)s2)ncn1. The van der Waals surface area contributed by atoms with E-state index in [-0.39, 0.29) is 4.88 Å². The third kappa shape index (κ3) is 5.87. The number of fused-ring (bicyclic) bond motifs is 1. The van der Waals surface area contributed by atoms with Crippen molar-refractivity contribution in [3.8, 4) is 22.1 Å². The lowest BCUT2D eigenvalue weighted by Crippen LogP contribution is -2.19. The lowest BCUT2D eigenvalue weighted by molar-refractivity contribution is 0.0697. The Hall–Kier alpha value is -3.69. The van der Waals surface area contributed by atoms with Gasteiger partial charge in [0, 0.05) is 30.8 Å². The van der Waals surface area contributed by atoms with Gasteiger partial charge in [-0.25, -0.2) is 14.8 Å². The van der Waals surface area contributed by atoms with Gasteiger partial charge in [-0.3, -0.25) is 0 Å². The predicted molar refractivity (Wildman–Crippen MR) is 139 cm³/mol. The molecule has 2 aromatic carbocycles. The molecule has 182 valence electrons. The number of carboxylic acids is 1. The Morgan fingerprint density at radius 3 is 2.71 bits per heavy atom. The molecule has 0 fully saturated rings. The average Bonchev–Trinajstić information content (AvgIpc) is 3.29. The Kier molecular flexibility index (Phi) is 7.79.